The minimum Gasteiger partial charge on any atom is -0.491 e. The van der Waals surface area contributed by atoms with E-state index in [4.69, 9.17) is 9.47 Å². The van der Waals surface area contributed by atoms with Crippen LogP contribution >= 0.6 is 0 Å². The van der Waals surface area contributed by atoms with Crippen molar-refractivity contribution in [2.75, 3.05) is 13.2 Å². The average Bonchev–Trinajstić information content (AvgIpc) is 2.63. The van der Waals surface area contributed by atoms with E-state index in [1.165, 1.54) is 12.1 Å². The van der Waals surface area contributed by atoms with Gasteiger partial charge in [0.2, 0.25) is 0 Å². The summed E-state index contributed by atoms with van der Waals surface area (Å²) in [6, 6.07) is 10.1. The van der Waals surface area contributed by atoms with Gasteiger partial charge in [0.1, 0.15) is 0 Å². The second-order valence-electron chi connectivity index (χ2n) is 6.43. The lowest BCUT2D eigenvalue weighted by Crippen LogP contribution is -2.01. The zero-order valence-corrected chi connectivity index (χ0v) is 15.7. The third kappa shape index (κ3) is 6.32. The van der Waals surface area contributed by atoms with E-state index in [2.05, 4.69) is 13.8 Å². The van der Waals surface area contributed by atoms with E-state index < -0.39 is 0 Å². The van der Waals surface area contributed by atoms with Gasteiger partial charge in [-0.3, -0.25) is 0 Å². The Bertz CT molecular complexity index is 626. The van der Waals surface area contributed by atoms with Crippen molar-refractivity contribution in [2.24, 2.45) is 0 Å². The third-order valence-electron chi connectivity index (χ3n) is 4.21. The number of halogens is 2. The van der Waals surface area contributed by atoms with Gasteiger partial charge >= 0.3 is 0 Å². The Kier molecular flexibility index (Phi) is 8.39. The van der Waals surface area contributed by atoms with Crippen LogP contribution in [0.4, 0.5) is 8.78 Å². The standard InChI is InChI=1S/C22H28F2O2/c1-3-5-13-25-21-11-9-17(15-19(21)23)7-8-18-10-12-22(20(24)16-18)26-14-6-4-2/h9-12,15-16H,3-8,13-14H2,1-2H3. The Morgan fingerprint density at radius 3 is 1.46 bits per heavy atom. The van der Waals surface area contributed by atoms with Crippen molar-refractivity contribution in [3.63, 3.8) is 0 Å². The first-order chi connectivity index (χ1) is 12.6. The molecule has 0 aromatic heterocycles. The SMILES string of the molecule is CCCCOc1ccc(CCc2ccc(OCCCC)c(F)c2)cc1F. The summed E-state index contributed by atoms with van der Waals surface area (Å²) in [6.45, 7) is 5.18. The summed E-state index contributed by atoms with van der Waals surface area (Å²) in [5.74, 6) is -0.0995. The molecule has 0 aliphatic carbocycles. The minimum atomic E-state index is -0.343. The summed E-state index contributed by atoms with van der Waals surface area (Å²) >= 11 is 0. The number of hydrogen-bond acceptors (Lipinski definition) is 2. The van der Waals surface area contributed by atoms with Crippen LogP contribution in [-0.4, -0.2) is 13.2 Å². The molecule has 2 rings (SSSR count). The normalized spacial score (nSPS) is 10.8. The van der Waals surface area contributed by atoms with E-state index in [1.54, 1.807) is 12.1 Å². The highest BCUT2D eigenvalue weighted by Crippen LogP contribution is 2.22. The van der Waals surface area contributed by atoms with E-state index >= 15 is 0 Å². The molecule has 26 heavy (non-hydrogen) atoms. The van der Waals surface area contributed by atoms with E-state index in [-0.39, 0.29) is 11.6 Å². The van der Waals surface area contributed by atoms with Crippen LogP contribution in [0.5, 0.6) is 11.5 Å². The molecule has 0 radical (unpaired) electrons. The molecule has 2 aromatic rings. The second kappa shape index (κ2) is 10.8. The summed E-state index contributed by atoms with van der Waals surface area (Å²) < 4.78 is 39.0. The molecule has 0 unspecified atom stereocenters. The van der Waals surface area contributed by atoms with Crippen LogP contribution in [0.3, 0.4) is 0 Å². The lowest BCUT2D eigenvalue weighted by atomic mass is 10.0. The first-order valence-electron chi connectivity index (χ1n) is 9.46. The average molecular weight is 362 g/mol. The quantitative estimate of drug-likeness (QED) is 0.449. The predicted molar refractivity (Wildman–Crippen MR) is 101 cm³/mol. The molecule has 4 heteroatoms. The number of benzene rings is 2. The Hall–Kier alpha value is -2.10. The molecule has 0 atom stereocenters. The summed E-state index contributed by atoms with van der Waals surface area (Å²) in [5, 5.41) is 0. The van der Waals surface area contributed by atoms with E-state index in [0.717, 1.165) is 36.8 Å². The Labute approximate surface area is 155 Å². The smallest absolute Gasteiger partial charge is 0.165 e. The van der Waals surface area contributed by atoms with E-state index in [0.29, 0.717) is 37.6 Å². The molecule has 0 amide bonds. The monoisotopic (exact) mass is 362 g/mol. The van der Waals surface area contributed by atoms with Crippen molar-refractivity contribution in [3.8, 4) is 11.5 Å². The molecular weight excluding hydrogens is 334 g/mol. The zero-order chi connectivity index (χ0) is 18.8. The lowest BCUT2D eigenvalue weighted by molar-refractivity contribution is 0.294. The Balaban J connectivity index is 1.89. The number of aryl methyl sites for hydroxylation is 2. The fraction of sp³-hybridized carbons (Fsp3) is 0.455. The number of hydrogen-bond donors (Lipinski definition) is 0. The molecule has 0 N–H and O–H groups in total. The van der Waals surface area contributed by atoms with Gasteiger partial charge in [-0.25, -0.2) is 8.78 Å². The van der Waals surface area contributed by atoms with Crippen LogP contribution in [0.25, 0.3) is 0 Å². The maximum absolute atomic E-state index is 14.1. The van der Waals surface area contributed by atoms with Gasteiger partial charge in [-0.05, 0) is 61.1 Å². The summed E-state index contributed by atoms with van der Waals surface area (Å²) in [5.41, 5.74) is 1.74. The predicted octanol–water partition coefficient (Wildman–Crippen LogP) is 6.11. The first-order valence-corrected chi connectivity index (χ1v) is 9.46. The van der Waals surface area contributed by atoms with Gasteiger partial charge in [0.25, 0.3) is 0 Å². The molecule has 0 heterocycles. The maximum atomic E-state index is 14.1. The number of rotatable bonds is 11. The fourth-order valence-corrected chi connectivity index (χ4v) is 2.58. The van der Waals surface area contributed by atoms with Crippen LogP contribution in [0.2, 0.25) is 0 Å². The van der Waals surface area contributed by atoms with E-state index in [1.807, 2.05) is 12.1 Å². The van der Waals surface area contributed by atoms with Gasteiger partial charge in [-0.1, -0.05) is 38.8 Å². The molecule has 0 aliphatic rings. The summed E-state index contributed by atoms with van der Waals surface area (Å²) in [4.78, 5) is 0. The number of unbranched alkanes of at least 4 members (excludes halogenated alkanes) is 2. The van der Waals surface area contributed by atoms with Gasteiger partial charge in [-0.2, -0.15) is 0 Å². The van der Waals surface area contributed by atoms with Crippen LogP contribution < -0.4 is 9.47 Å². The lowest BCUT2D eigenvalue weighted by Gasteiger charge is -2.10. The van der Waals surface area contributed by atoms with Crippen LogP contribution in [-0.2, 0) is 12.8 Å². The summed E-state index contributed by atoms with van der Waals surface area (Å²) in [7, 11) is 0. The van der Waals surface area contributed by atoms with Crippen LogP contribution in [0.15, 0.2) is 36.4 Å². The largest absolute Gasteiger partial charge is 0.491 e. The molecule has 0 saturated heterocycles. The van der Waals surface area contributed by atoms with Crippen molar-refractivity contribution in [2.45, 2.75) is 52.4 Å². The Morgan fingerprint density at radius 2 is 1.12 bits per heavy atom. The highest BCUT2D eigenvalue weighted by atomic mass is 19.1. The highest BCUT2D eigenvalue weighted by molar-refractivity contribution is 5.32. The first kappa shape index (κ1) is 20.2. The fourth-order valence-electron chi connectivity index (χ4n) is 2.58. The van der Waals surface area contributed by atoms with Crippen molar-refractivity contribution in [1.82, 2.24) is 0 Å². The minimum absolute atomic E-state index is 0.293. The summed E-state index contributed by atoms with van der Waals surface area (Å²) in [6.07, 6.45) is 5.12. The molecule has 0 fully saturated rings. The maximum Gasteiger partial charge on any atom is 0.165 e. The molecule has 2 nitrogen and oxygen atoms in total. The topological polar surface area (TPSA) is 18.5 Å². The van der Waals surface area contributed by atoms with Crippen molar-refractivity contribution < 1.29 is 18.3 Å². The molecular formula is C22H28F2O2. The highest BCUT2D eigenvalue weighted by Gasteiger charge is 2.07. The van der Waals surface area contributed by atoms with Crippen molar-refractivity contribution in [1.29, 1.82) is 0 Å². The van der Waals surface area contributed by atoms with Gasteiger partial charge in [0.15, 0.2) is 23.1 Å². The molecule has 142 valence electrons. The van der Waals surface area contributed by atoms with Crippen LogP contribution in [0, 0.1) is 11.6 Å². The van der Waals surface area contributed by atoms with Gasteiger partial charge in [-0.15, -0.1) is 0 Å². The van der Waals surface area contributed by atoms with Crippen molar-refractivity contribution >= 4 is 0 Å². The second-order valence-corrected chi connectivity index (χ2v) is 6.43. The Morgan fingerprint density at radius 1 is 0.692 bits per heavy atom. The number of ether oxygens (including phenoxy) is 2. The zero-order valence-electron chi connectivity index (χ0n) is 15.7. The molecule has 0 bridgehead atoms. The van der Waals surface area contributed by atoms with Gasteiger partial charge < -0.3 is 9.47 Å². The van der Waals surface area contributed by atoms with Gasteiger partial charge in [0, 0.05) is 0 Å². The van der Waals surface area contributed by atoms with Gasteiger partial charge in [0.05, 0.1) is 13.2 Å². The molecule has 0 aliphatic heterocycles. The third-order valence-corrected chi connectivity index (χ3v) is 4.21. The molecule has 0 saturated carbocycles. The van der Waals surface area contributed by atoms with E-state index in [9.17, 15) is 8.78 Å². The van der Waals surface area contributed by atoms with Crippen molar-refractivity contribution in [3.05, 3.63) is 59.2 Å². The molecule has 0 spiro atoms. The van der Waals surface area contributed by atoms with Crippen LogP contribution in [0.1, 0.15) is 50.7 Å². The molecule has 2 aromatic carbocycles.